The molecule has 0 rings (SSSR count). The highest BCUT2D eigenvalue weighted by Crippen LogP contribution is 2.07. The predicted octanol–water partition coefficient (Wildman–Crippen LogP) is 0.827. The molecule has 4 N–H and O–H groups in total. The number of hydrogen-bond acceptors (Lipinski definition) is 15. The number of carboxylic acid groups (broad SMARTS) is 1. The number of carbonyl (C=O) groups is 4. The smallest absolute Gasteiger partial charge is 0.407 e. The van der Waals surface area contributed by atoms with E-state index >= 15 is 0 Å². The molecule has 0 radical (unpaired) electrons. The van der Waals surface area contributed by atoms with Gasteiger partial charge in [0.05, 0.1) is 106 Å². The Kier molecular flexibility index (Phi) is 34.3. The van der Waals surface area contributed by atoms with E-state index < -0.39 is 42.1 Å². The van der Waals surface area contributed by atoms with Gasteiger partial charge in [0.25, 0.3) is 0 Å². The molecule has 0 spiro atoms. The van der Waals surface area contributed by atoms with Crippen molar-refractivity contribution < 1.29 is 71.7 Å². The van der Waals surface area contributed by atoms with Crippen molar-refractivity contribution in [3.05, 3.63) is 10.4 Å². The number of nitrogens with zero attached hydrogens (tertiary/aromatic N) is 3. The quantitative estimate of drug-likeness (QED) is 0.0292. The third kappa shape index (κ3) is 38.4. The standard InChI is InChI=1S/C33H62N6O15/c1-33(2,3)54-32(44)36-7-5-4-6-28(31(42)43)38-30(41)27-53-26-29(40)35-8-10-45-12-14-47-16-18-49-20-22-51-24-25-52-23-21-50-19-17-48-15-13-46-11-9-37-39-34/h28H,4-27H2,1-3H3,(H,35,40)(H,36,44)(H,38,41)(H,42,43)/t28-/m0/s1. The molecule has 0 aromatic heterocycles. The maximum Gasteiger partial charge on any atom is 0.407 e. The lowest BCUT2D eigenvalue weighted by Gasteiger charge is -2.19. The number of unbranched alkanes of at least 4 members (excludes halogenated alkanes) is 1. The second-order valence-electron chi connectivity index (χ2n) is 12.1. The lowest BCUT2D eigenvalue weighted by molar-refractivity contribution is -0.143. The van der Waals surface area contributed by atoms with Crippen LogP contribution in [-0.2, 0) is 61.8 Å². The zero-order chi connectivity index (χ0) is 40.0. The largest absolute Gasteiger partial charge is 0.480 e. The van der Waals surface area contributed by atoms with Crippen LogP contribution in [0.3, 0.4) is 0 Å². The van der Waals surface area contributed by atoms with Crippen molar-refractivity contribution >= 4 is 23.9 Å². The number of amides is 3. The zero-order valence-corrected chi connectivity index (χ0v) is 32.1. The van der Waals surface area contributed by atoms with Gasteiger partial charge >= 0.3 is 12.1 Å². The van der Waals surface area contributed by atoms with E-state index in [0.29, 0.717) is 125 Å². The molecule has 314 valence electrons. The normalized spacial score (nSPS) is 11.8. The lowest BCUT2D eigenvalue weighted by atomic mass is 10.1. The molecule has 0 saturated heterocycles. The van der Waals surface area contributed by atoms with Crippen LogP contribution in [0.4, 0.5) is 4.79 Å². The monoisotopic (exact) mass is 782 g/mol. The van der Waals surface area contributed by atoms with Crippen molar-refractivity contribution in [1.82, 2.24) is 16.0 Å². The van der Waals surface area contributed by atoms with Gasteiger partial charge in [-0.25, -0.2) is 9.59 Å². The first-order valence-electron chi connectivity index (χ1n) is 18.0. The van der Waals surface area contributed by atoms with Gasteiger partial charge < -0.3 is 68.4 Å². The third-order valence-electron chi connectivity index (χ3n) is 6.26. The minimum Gasteiger partial charge on any atom is -0.480 e. The van der Waals surface area contributed by atoms with Crippen LogP contribution < -0.4 is 16.0 Å². The number of ether oxygens (including phenoxy) is 10. The molecule has 0 aliphatic carbocycles. The molecule has 1 atom stereocenters. The Morgan fingerprint density at radius 1 is 0.611 bits per heavy atom. The number of carboxylic acids is 1. The van der Waals surface area contributed by atoms with Gasteiger partial charge in [-0.1, -0.05) is 5.11 Å². The summed E-state index contributed by atoms with van der Waals surface area (Å²) in [7, 11) is 0. The molecule has 0 saturated carbocycles. The Balaban J connectivity index is 3.48. The van der Waals surface area contributed by atoms with Crippen LogP contribution in [0.2, 0.25) is 0 Å². The van der Waals surface area contributed by atoms with Gasteiger partial charge in [0, 0.05) is 24.5 Å². The SMILES string of the molecule is CC(C)(C)OC(=O)NCCCC[C@H](NC(=O)COCC(=O)NCCOCCOCCOCCOCCOCCOCCOCCOCCN=[N+]=[N-])C(=O)O. The average Bonchev–Trinajstić information content (AvgIpc) is 3.11. The van der Waals surface area contributed by atoms with Crippen LogP contribution in [0.5, 0.6) is 0 Å². The summed E-state index contributed by atoms with van der Waals surface area (Å²) in [5, 5.41) is 20.3. The predicted molar refractivity (Wildman–Crippen MR) is 192 cm³/mol. The molecule has 0 aromatic carbocycles. The fourth-order valence-electron chi connectivity index (χ4n) is 3.81. The molecule has 0 heterocycles. The average molecular weight is 783 g/mol. The Hall–Kier alpha value is -3.37. The molecule has 0 unspecified atom stereocenters. The van der Waals surface area contributed by atoms with Gasteiger partial charge in [-0.05, 0) is 45.6 Å². The highest BCUT2D eigenvalue weighted by Gasteiger charge is 2.20. The molecular formula is C33H62N6O15. The topological polar surface area (TPSA) is 266 Å². The number of rotatable bonds is 38. The van der Waals surface area contributed by atoms with E-state index in [0.717, 1.165) is 0 Å². The van der Waals surface area contributed by atoms with Crippen LogP contribution in [0, 0.1) is 0 Å². The fourth-order valence-corrected chi connectivity index (χ4v) is 3.81. The molecule has 21 heteroatoms. The zero-order valence-electron chi connectivity index (χ0n) is 32.1. The van der Waals surface area contributed by atoms with Crippen LogP contribution in [0.25, 0.3) is 10.4 Å². The van der Waals surface area contributed by atoms with E-state index in [9.17, 15) is 24.3 Å². The Morgan fingerprint density at radius 2 is 1.06 bits per heavy atom. The first-order chi connectivity index (χ1) is 26.0. The number of carbonyl (C=O) groups excluding carboxylic acids is 3. The van der Waals surface area contributed by atoms with E-state index in [1.807, 2.05) is 0 Å². The molecule has 54 heavy (non-hydrogen) atoms. The van der Waals surface area contributed by atoms with Crippen LogP contribution in [0.15, 0.2) is 5.11 Å². The van der Waals surface area contributed by atoms with Crippen molar-refractivity contribution in [2.24, 2.45) is 5.11 Å². The van der Waals surface area contributed by atoms with E-state index in [1.54, 1.807) is 20.8 Å². The number of azide groups is 1. The maximum absolute atomic E-state index is 12.1. The fraction of sp³-hybridized carbons (Fsp3) is 0.879. The van der Waals surface area contributed by atoms with Crippen LogP contribution in [0.1, 0.15) is 40.0 Å². The van der Waals surface area contributed by atoms with E-state index in [-0.39, 0.29) is 26.2 Å². The summed E-state index contributed by atoms with van der Waals surface area (Å²) in [6.07, 6.45) is 0.538. The van der Waals surface area contributed by atoms with Gasteiger partial charge in [0.1, 0.15) is 24.9 Å². The van der Waals surface area contributed by atoms with Gasteiger partial charge in [0.15, 0.2) is 0 Å². The maximum atomic E-state index is 12.1. The van der Waals surface area contributed by atoms with Crippen molar-refractivity contribution in [2.75, 3.05) is 139 Å². The van der Waals surface area contributed by atoms with E-state index in [2.05, 4.69) is 26.0 Å². The van der Waals surface area contributed by atoms with Crippen LogP contribution in [-0.4, -0.2) is 179 Å². The molecule has 3 amide bonds. The van der Waals surface area contributed by atoms with Gasteiger partial charge in [-0.3, -0.25) is 9.59 Å². The molecule has 21 nitrogen and oxygen atoms in total. The summed E-state index contributed by atoms with van der Waals surface area (Å²) < 4.78 is 53.3. The van der Waals surface area contributed by atoms with Gasteiger partial charge in [-0.15, -0.1) is 0 Å². The number of alkyl carbamates (subject to hydrolysis) is 1. The highest BCUT2D eigenvalue weighted by molar-refractivity contribution is 5.84. The molecule has 0 aromatic rings. The summed E-state index contributed by atoms with van der Waals surface area (Å²) in [5.41, 5.74) is 7.53. The first-order valence-corrected chi connectivity index (χ1v) is 18.0. The third-order valence-corrected chi connectivity index (χ3v) is 6.26. The number of aliphatic carboxylic acids is 1. The first kappa shape index (κ1) is 50.6. The summed E-state index contributed by atoms with van der Waals surface area (Å²) in [6, 6.07) is -1.12. The van der Waals surface area contributed by atoms with Gasteiger partial charge in [-0.2, -0.15) is 0 Å². The van der Waals surface area contributed by atoms with E-state index in [1.165, 1.54) is 0 Å². The van der Waals surface area contributed by atoms with Crippen molar-refractivity contribution in [2.45, 2.75) is 51.7 Å². The second-order valence-corrected chi connectivity index (χ2v) is 12.1. The molecule has 0 fully saturated rings. The van der Waals surface area contributed by atoms with Crippen LogP contribution >= 0.6 is 0 Å². The lowest BCUT2D eigenvalue weighted by Crippen LogP contribution is -2.43. The molecule has 0 bridgehead atoms. The Morgan fingerprint density at radius 3 is 1.50 bits per heavy atom. The minimum absolute atomic E-state index is 0.157. The molecule has 0 aliphatic heterocycles. The van der Waals surface area contributed by atoms with Crippen molar-refractivity contribution in [3.8, 4) is 0 Å². The molecular weight excluding hydrogens is 720 g/mol. The summed E-state index contributed by atoms with van der Waals surface area (Å²) in [6.45, 7) is 11.8. The Labute approximate surface area is 317 Å². The summed E-state index contributed by atoms with van der Waals surface area (Å²) in [4.78, 5) is 49.7. The Bertz CT molecular complexity index is 1020. The second kappa shape index (κ2) is 36.6. The van der Waals surface area contributed by atoms with Gasteiger partial charge in [0.2, 0.25) is 11.8 Å². The highest BCUT2D eigenvalue weighted by atomic mass is 16.6. The summed E-state index contributed by atoms with van der Waals surface area (Å²) >= 11 is 0. The number of hydrogen-bond donors (Lipinski definition) is 4. The van der Waals surface area contributed by atoms with Crippen molar-refractivity contribution in [3.63, 3.8) is 0 Å². The number of nitrogens with one attached hydrogen (secondary N) is 3. The summed E-state index contributed by atoms with van der Waals surface area (Å²) in [5.74, 6) is -2.31. The van der Waals surface area contributed by atoms with E-state index in [4.69, 9.17) is 52.9 Å². The van der Waals surface area contributed by atoms with Crippen molar-refractivity contribution in [1.29, 1.82) is 0 Å². The molecule has 0 aliphatic rings. The minimum atomic E-state index is -1.19.